The molecule has 3 nitrogen and oxygen atoms in total. The Hall–Kier alpha value is -1.64. The molecular weight excluding hydrogens is 248 g/mol. The van der Waals surface area contributed by atoms with Crippen molar-refractivity contribution in [1.82, 2.24) is 10.3 Å². The Kier molecular flexibility index (Phi) is 2.96. The summed E-state index contributed by atoms with van der Waals surface area (Å²) >= 11 is 0. The van der Waals surface area contributed by atoms with Crippen LogP contribution in [0.3, 0.4) is 0 Å². The molecule has 1 amide bonds. The van der Waals surface area contributed by atoms with Crippen molar-refractivity contribution in [3.63, 3.8) is 0 Å². The molecule has 3 rings (SSSR count). The van der Waals surface area contributed by atoms with E-state index in [1.807, 2.05) is 12.1 Å². The molecule has 2 bridgehead atoms. The maximum Gasteiger partial charge on any atom is 0.230 e. The van der Waals surface area contributed by atoms with E-state index < -0.39 is 0 Å². The van der Waals surface area contributed by atoms with Gasteiger partial charge in [0, 0.05) is 18.9 Å². The van der Waals surface area contributed by atoms with Gasteiger partial charge >= 0.3 is 0 Å². The SMILES string of the molecule is C=C1C(C)(C)[C@@H]2CC[C@@]1(C(=O)NCc1cccnc1)C2. The lowest BCUT2D eigenvalue weighted by molar-refractivity contribution is -0.128. The number of rotatable bonds is 3. The van der Waals surface area contributed by atoms with E-state index in [0.717, 1.165) is 30.4 Å². The second-order valence-electron chi connectivity index (χ2n) is 6.77. The molecule has 3 heteroatoms. The first kappa shape index (κ1) is 13.3. The van der Waals surface area contributed by atoms with Crippen molar-refractivity contribution < 1.29 is 4.79 Å². The zero-order valence-electron chi connectivity index (χ0n) is 12.3. The van der Waals surface area contributed by atoms with Crippen LogP contribution in [0.15, 0.2) is 36.7 Å². The number of hydrogen-bond acceptors (Lipinski definition) is 2. The van der Waals surface area contributed by atoms with Gasteiger partial charge in [-0.2, -0.15) is 0 Å². The lowest BCUT2D eigenvalue weighted by atomic mass is 9.68. The Morgan fingerprint density at radius 2 is 2.35 bits per heavy atom. The van der Waals surface area contributed by atoms with E-state index in [1.54, 1.807) is 12.4 Å². The predicted molar refractivity (Wildman–Crippen MR) is 78.8 cm³/mol. The van der Waals surface area contributed by atoms with Crippen LogP contribution in [0.2, 0.25) is 0 Å². The minimum Gasteiger partial charge on any atom is -0.351 e. The monoisotopic (exact) mass is 270 g/mol. The molecule has 106 valence electrons. The number of aromatic nitrogens is 1. The number of carbonyl (C=O) groups is 1. The van der Waals surface area contributed by atoms with Crippen LogP contribution in [0.5, 0.6) is 0 Å². The predicted octanol–water partition coefficient (Wildman–Crippen LogP) is 3.08. The molecule has 1 heterocycles. The van der Waals surface area contributed by atoms with Crippen molar-refractivity contribution >= 4 is 5.91 Å². The van der Waals surface area contributed by atoms with Crippen LogP contribution in [-0.4, -0.2) is 10.9 Å². The van der Waals surface area contributed by atoms with Crippen LogP contribution in [0.4, 0.5) is 0 Å². The summed E-state index contributed by atoms with van der Waals surface area (Å²) in [6.45, 7) is 9.28. The van der Waals surface area contributed by atoms with Gasteiger partial charge < -0.3 is 5.32 Å². The first-order valence-electron chi connectivity index (χ1n) is 7.34. The largest absolute Gasteiger partial charge is 0.351 e. The summed E-state index contributed by atoms with van der Waals surface area (Å²) in [7, 11) is 0. The van der Waals surface area contributed by atoms with Crippen molar-refractivity contribution in [3.05, 3.63) is 42.2 Å². The minimum atomic E-state index is -0.323. The molecule has 0 radical (unpaired) electrons. The molecule has 1 N–H and O–H groups in total. The van der Waals surface area contributed by atoms with Gasteiger partial charge in [0.2, 0.25) is 5.91 Å². The maximum atomic E-state index is 12.7. The molecule has 2 aliphatic carbocycles. The fourth-order valence-electron chi connectivity index (χ4n) is 4.00. The van der Waals surface area contributed by atoms with Crippen LogP contribution < -0.4 is 5.32 Å². The van der Waals surface area contributed by atoms with Crippen LogP contribution in [0.1, 0.15) is 38.7 Å². The van der Waals surface area contributed by atoms with Gasteiger partial charge in [0.1, 0.15) is 0 Å². The third kappa shape index (κ3) is 1.80. The van der Waals surface area contributed by atoms with E-state index in [9.17, 15) is 4.79 Å². The van der Waals surface area contributed by atoms with Crippen LogP contribution >= 0.6 is 0 Å². The highest BCUT2D eigenvalue weighted by atomic mass is 16.2. The molecule has 0 aliphatic heterocycles. The Balaban J connectivity index is 1.73. The Morgan fingerprint density at radius 3 is 2.95 bits per heavy atom. The highest BCUT2D eigenvalue weighted by Crippen LogP contribution is 2.65. The van der Waals surface area contributed by atoms with Crippen molar-refractivity contribution in [2.24, 2.45) is 16.7 Å². The number of pyridine rings is 1. The first-order chi connectivity index (χ1) is 9.47. The molecule has 2 fully saturated rings. The maximum absolute atomic E-state index is 12.7. The van der Waals surface area contributed by atoms with Gasteiger partial charge in [-0.1, -0.05) is 32.1 Å². The van der Waals surface area contributed by atoms with E-state index in [-0.39, 0.29) is 16.7 Å². The van der Waals surface area contributed by atoms with E-state index in [1.165, 1.54) is 0 Å². The van der Waals surface area contributed by atoms with E-state index >= 15 is 0 Å². The summed E-state index contributed by atoms with van der Waals surface area (Å²) in [5.74, 6) is 0.763. The van der Waals surface area contributed by atoms with Gasteiger partial charge in [0.25, 0.3) is 0 Å². The molecular formula is C17H22N2O. The highest BCUT2D eigenvalue weighted by Gasteiger charge is 2.60. The quantitative estimate of drug-likeness (QED) is 0.858. The minimum absolute atomic E-state index is 0.101. The summed E-state index contributed by atoms with van der Waals surface area (Å²) in [4.78, 5) is 16.8. The summed E-state index contributed by atoms with van der Waals surface area (Å²) < 4.78 is 0. The molecule has 2 aliphatic rings. The Bertz CT molecular complexity index is 549. The lowest BCUT2D eigenvalue weighted by Gasteiger charge is -2.37. The second-order valence-corrected chi connectivity index (χ2v) is 6.77. The van der Waals surface area contributed by atoms with Gasteiger partial charge in [0.05, 0.1) is 5.41 Å². The molecule has 2 atom stereocenters. The van der Waals surface area contributed by atoms with Gasteiger partial charge in [-0.05, 0) is 42.2 Å². The number of hydrogen-bond donors (Lipinski definition) is 1. The topological polar surface area (TPSA) is 42.0 Å². The summed E-state index contributed by atoms with van der Waals surface area (Å²) in [5, 5.41) is 3.09. The average Bonchev–Trinajstić information content (AvgIpc) is 2.98. The molecule has 0 aromatic carbocycles. The van der Waals surface area contributed by atoms with Crippen molar-refractivity contribution in [2.75, 3.05) is 0 Å². The van der Waals surface area contributed by atoms with E-state index in [2.05, 4.69) is 30.7 Å². The van der Waals surface area contributed by atoms with Crippen LogP contribution in [0.25, 0.3) is 0 Å². The first-order valence-corrected chi connectivity index (χ1v) is 7.34. The van der Waals surface area contributed by atoms with Gasteiger partial charge in [-0.3, -0.25) is 9.78 Å². The molecule has 1 aromatic heterocycles. The third-order valence-corrected chi connectivity index (χ3v) is 5.50. The van der Waals surface area contributed by atoms with E-state index in [0.29, 0.717) is 12.5 Å². The number of fused-ring (bicyclic) bond motifs is 2. The standard InChI is InChI=1S/C17H22N2O/c1-12-16(2,3)14-6-7-17(12,9-14)15(20)19-11-13-5-4-8-18-10-13/h4-5,8,10,14H,1,6-7,9,11H2,2-3H3,(H,19,20)/t14-,17-/m1/s1. The van der Waals surface area contributed by atoms with Crippen molar-refractivity contribution in [2.45, 2.75) is 39.7 Å². The number of nitrogens with one attached hydrogen (secondary N) is 1. The lowest BCUT2D eigenvalue weighted by Crippen LogP contribution is -2.41. The van der Waals surface area contributed by atoms with Crippen LogP contribution in [0, 0.1) is 16.7 Å². The molecule has 0 saturated heterocycles. The Labute approximate surface area is 120 Å². The summed E-state index contributed by atoms with van der Waals surface area (Å²) in [6, 6.07) is 3.87. The number of amides is 1. The van der Waals surface area contributed by atoms with Crippen molar-refractivity contribution in [1.29, 1.82) is 0 Å². The van der Waals surface area contributed by atoms with Crippen LogP contribution in [-0.2, 0) is 11.3 Å². The van der Waals surface area contributed by atoms with E-state index in [4.69, 9.17) is 0 Å². The zero-order valence-corrected chi connectivity index (χ0v) is 12.3. The fraction of sp³-hybridized carbons (Fsp3) is 0.529. The zero-order chi connectivity index (χ0) is 14.4. The van der Waals surface area contributed by atoms with Gasteiger partial charge in [-0.15, -0.1) is 0 Å². The number of nitrogens with zero attached hydrogens (tertiary/aromatic N) is 1. The fourth-order valence-corrected chi connectivity index (χ4v) is 4.00. The average molecular weight is 270 g/mol. The number of carbonyl (C=O) groups excluding carboxylic acids is 1. The summed E-state index contributed by atoms with van der Waals surface area (Å²) in [5.41, 5.74) is 1.94. The normalized spacial score (nSPS) is 30.5. The second kappa shape index (κ2) is 4.44. The smallest absolute Gasteiger partial charge is 0.230 e. The highest BCUT2D eigenvalue weighted by molar-refractivity contribution is 5.87. The third-order valence-electron chi connectivity index (χ3n) is 5.50. The summed E-state index contributed by atoms with van der Waals surface area (Å²) in [6.07, 6.45) is 6.61. The molecule has 0 spiro atoms. The molecule has 1 aromatic rings. The molecule has 0 unspecified atom stereocenters. The van der Waals surface area contributed by atoms with Crippen molar-refractivity contribution in [3.8, 4) is 0 Å². The van der Waals surface area contributed by atoms with Gasteiger partial charge in [0.15, 0.2) is 0 Å². The molecule has 20 heavy (non-hydrogen) atoms. The molecule has 2 saturated carbocycles. The Morgan fingerprint density at radius 1 is 1.55 bits per heavy atom. The van der Waals surface area contributed by atoms with Gasteiger partial charge in [-0.25, -0.2) is 0 Å².